The van der Waals surface area contributed by atoms with Gasteiger partial charge in [-0.05, 0) is 38.5 Å². The summed E-state index contributed by atoms with van der Waals surface area (Å²) in [6.07, 6.45) is 7.29. The van der Waals surface area contributed by atoms with Gasteiger partial charge in [0.2, 0.25) is 5.91 Å². The van der Waals surface area contributed by atoms with Crippen LogP contribution < -0.4 is 0 Å². The van der Waals surface area contributed by atoms with Crippen molar-refractivity contribution in [3.8, 4) is 0 Å². The van der Waals surface area contributed by atoms with Crippen LogP contribution in [0.3, 0.4) is 0 Å². The predicted octanol–water partition coefficient (Wildman–Crippen LogP) is 1.41. The average molecular weight is 308 g/mol. The highest BCUT2D eigenvalue weighted by Gasteiger charge is 2.46. The fourth-order valence-corrected chi connectivity index (χ4v) is 4.85. The highest BCUT2D eigenvalue weighted by atomic mass is 16.5. The van der Waals surface area contributed by atoms with Gasteiger partial charge in [-0.2, -0.15) is 0 Å². The monoisotopic (exact) mass is 308 g/mol. The van der Waals surface area contributed by atoms with Crippen molar-refractivity contribution in [3.63, 3.8) is 0 Å². The Balaban J connectivity index is 1.40. The third-order valence-electron chi connectivity index (χ3n) is 6.07. The lowest BCUT2D eigenvalue weighted by Gasteiger charge is -2.42. The van der Waals surface area contributed by atoms with E-state index in [1.807, 2.05) is 0 Å². The molecule has 0 aromatic heterocycles. The lowest BCUT2D eigenvalue weighted by Crippen LogP contribution is -2.51. The number of amides is 1. The Morgan fingerprint density at radius 1 is 1.05 bits per heavy atom. The van der Waals surface area contributed by atoms with E-state index in [4.69, 9.17) is 9.47 Å². The van der Waals surface area contributed by atoms with E-state index in [1.54, 1.807) is 0 Å². The van der Waals surface area contributed by atoms with E-state index >= 15 is 0 Å². The van der Waals surface area contributed by atoms with Crippen molar-refractivity contribution in [1.82, 2.24) is 9.80 Å². The fourth-order valence-electron chi connectivity index (χ4n) is 4.85. The Bertz CT molecular complexity index is 424. The van der Waals surface area contributed by atoms with E-state index in [-0.39, 0.29) is 5.60 Å². The minimum atomic E-state index is 0.00406. The summed E-state index contributed by atoms with van der Waals surface area (Å²) in [6.45, 7) is 5.78. The molecule has 0 saturated carbocycles. The van der Waals surface area contributed by atoms with Crippen molar-refractivity contribution in [3.05, 3.63) is 0 Å². The summed E-state index contributed by atoms with van der Waals surface area (Å²) in [5.41, 5.74) is 0.00406. The molecule has 0 bridgehead atoms. The van der Waals surface area contributed by atoms with Crippen molar-refractivity contribution < 1.29 is 14.3 Å². The molecule has 0 aromatic rings. The van der Waals surface area contributed by atoms with Crippen LogP contribution in [0.1, 0.15) is 44.9 Å². The minimum absolute atomic E-state index is 0.00406. The second-order valence-electron chi connectivity index (χ2n) is 7.43. The quantitative estimate of drug-likeness (QED) is 0.773. The van der Waals surface area contributed by atoms with Crippen LogP contribution in [-0.4, -0.2) is 72.8 Å². The van der Waals surface area contributed by atoms with Gasteiger partial charge in [0.25, 0.3) is 0 Å². The molecule has 4 aliphatic rings. The lowest BCUT2D eigenvalue weighted by molar-refractivity contribution is -0.137. The normalized spacial score (nSPS) is 38.3. The summed E-state index contributed by atoms with van der Waals surface area (Å²) in [5.74, 6) is 0.362. The Kier molecular flexibility index (Phi) is 4.13. The highest BCUT2D eigenvalue weighted by Crippen LogP contribution is 2.38. The number of ether oxygens (including phenoxy) is 2. The predicted molar refractivity (Wildman–Crippen MR) is 82.7 cm³/mol. The molecule has 124 valence electrons. The van der Waals surface area contributed by atoms with Crippen LogP contribution in [-0.2, 0) is 14.3 Å². The first-order valence-electron chi connectivity index (χ1n) is 9.01. The standard InChI is InChI=1S/C17H28N2O3/c20-16-2-1-7-19(16)15-5-11-22-17(12-15)6-8-18(13-17)14-3-9-21-10-4-14/h14-15H,1-13H2/t15-,17-/m0/s1. The number of likely N-dealkylation sites (tertiary alicyclic amines) is 2. The minimum Gasteiger partial charge on any atom is -0.381 e. The number of nitrogens with zero attached hydrogens (tertiary/aromatic N) is 2. The Morgan fingerprint density at radius 2 is 1.86 bits per heavy atom. The third-order valence-corrected chi connectivity index (χ3v) is 6.07. The van der Waals surface area contributed by atoms with E-state index in [1.165, 1.54) is 0 Å². The van der Waals surface area contributed by atoms with Gasteiger partial charge in [0.05, 0.1) is 5.60 Å². The Labute approximate surface area is 132 Å². The van der Waals surface area contributed by atoms with Crippen LogP contribution in [0.5, 0.6) is 0 Å². The molecule has 0 aliphatic carbocycles. The number of hydrogen-bond acceptors (Lipinski definition) is 4. The largest absolute Gasteiger partial charge is 0.381 e. The molecule has 5 heteroatoms. The van der Waals surface area contributed by atoms with Gasteiger partial charge in [0.15, 0.2) is 0 Å². The topological polar surface area (TPSA) is 42.0 Å². The van der Waals surface area contributed by atoms with Crippen LogP contribution >= 0.6 is 0 Å². The number of hydrogen-bond donors (Lipinski definition) is 0. The van der Waals surface area contributed by atoms with E-state index in [9.17, 15) is 4.79 Å². The van der Waals surface area contributed by atoms with E-state index < -0.39 is 0 Å². The number of carbonyl (C=O) groups is 1. The average Bonchev–Trinajstić information content (AvgIpc) is 3.15. The van der Waals surface area contributed by atoms with E-state index in [0.29, 0.717) is 18.0 Å². The van der Waals surface area contributed by atoms with Gasteiger partial charge < -0.3 is 14.4 Å². The summed E-state index contributed by atoms with van der Waals surface area (Å²) in [6, 6.07) is 1.09. The Hall–Kier alpha value is -0.650. The summed E-state index contributed by atoms with van der Waals surface area (Å²) in [4.78, 5) is 16.8. The molecule has 1 spiro atoms. The van der Waals surface area contributed by atoms with Gasteiger partial charge in [-0.1, -0.05) is 0 Å². The van der Waals surface area contributed by atoms with Gasteiger partial charge in [-0.3, -0.25) is 9.69 Å². The molecule has 0 radical (unpaired) electrons. The van der Waals surface area contributed by atoms with E-state index in [0.717, 1.165) is 84.4 Å². The van der Waals surface area contributed by atoms with Gasteiger partial charge in [0.1, 0.15) is 0 Å². The molecule has 22 heavy (non-hydrogen) atoms. The molecule has 4 aliphatic heterocycles. The first kappa shape index (κ1) is 14.9. The number of rotatable bonds is 2. The highest BCUT2D eigenvalue weighted by molar-refractivity contribution is 5.78. The van der Waals surface area contributed by atoms with Crippen LogP contribution in [0, 0.1) is 0 Å². The molecule has 0 N–H and O–H groups in total. The molecule has 4 fully saturated rings. The Morgan fingerprint density at radius 3 is 2.64 bits per heavy atom. The van der Waals surface area contributed by atoms with Crippen molar-refractivity contribution in [1.29, 1.82) is 0 Å². The van der Waals surface area contributed by atoms with Gasteiger partial charge in [0, 0.05) is 58.0 Å². The van der Waals surface area contributed by atoms with Gasteiger partial charge >= 0.3 is 0 Å². The molecule has 1 amide bonds. The third kappa shape index (κ3) is 2.79. The number of carbonyl (C=O) groups excluding carboxylic acids is 1. The summed E-state index contributed by atoms with van der Waals surface area (Å²) in [5, 5.41) is 0. The van der Waals surface area contributed by atoms with Crippen LogP contribution in [0.2, 0.25) is 0 Å². The molecule has 0 aromatic carbocycles. The fraction of sp³-hybridized carbons (Fsp3) is 0.941. The first-order chi connectivity index (χ1) is 10.8. The lowest BCUT2D eigenvalue weighted by atomic mass is 9.88. The second kappa shape index (κ2) is 6.10. The molecule has 4 saturated heterocycles. The van der Waals surface area contributed by atoms with Crippen molar-refractivity contribution in [2.75, 3.05) is 39.5 Å². The maximum Gasteiger partial charge on any atom is 0.222 e. The van der Waals surface area contributed by atoms with E-state index in [2.05, 4.69) is 9.80 Å². The van der Waals surface area contributed by atoms with Crippen molar-refractivity contribution >= 4 is 5.91 Å². The maximum absolute atomic E-state index is 12.0. The molecule has 4 heterocycles. The second-order valence-corrected chi connectivity index (χ2v) is 7.43. The molecule has 4 rings (SSSR count). The van der Waals surface area contributed by atoms with Gasteiger partial charge in [-0.25, -0.2) is 0 Å². The van der Waals surface area contributed by atoms with Crippen LogP contribution in [0.4, 0.5) is 0 Å². The van der Waals surface area contributed by atoms with Crippen LogP contribution in [0.25, 0.3) is 0 Å². The summed E-state index contributed by atoms with van der Waals surface area (Å²) >= 11 is 0. The van der Waals surface area contributed by atoms with Crippen molar-refractivity contribution in [2.45, 2.75) is 62.6 Å². The zero-order chi connectivity index (χ0) is 15.0. The zero-order valence-corrected chi connectivity index (χ0v) is 13.5. The molecule has 2 atom stereocenters. The molecular formula is C17H28N2O3. The zero-order valence-electron chi connectivity index (χ0n) is 13.5. The molecular weight excluding hydrogens is 280 g/mol. The first-order valence-corrected chi connectivity index (χ1v) is 9.01. The maximum atomic E-state index is 12.0. The van der Waals surface area contributed by atoms with Crippen molar-refractivity contribution in [2.24, 2.45) is 0 Å². The SMILES string of the molecule is O=C1CCCN1[C@H]1CCO[C@@]2(CCN(C3CCOCC3)C2)C1. The summed E-state index contributed by atoms with van der Waals surface area (Å²) < 4.78 is 11.8. The summed E-state index contributed by atoms with van der Waals surface area (Å²) in [7, 11) is 0. The molecule has 0 unspecified atom stereocenters. The van der Waals surface area contributed by atoms with Gasteiger partial charge in [-0.15, -0.1) is 0 Å². The molecule has 5 nitrogen and oxygen atoms in total. The van der Waals surface area contributed by atoms with Crippen LogP contribution in [0.15, 0.2) is 0 Å². The smallest absolute Gasteiger partial charge is 0.222 e.